The molecule has 0 aliphatic carbocycles. The van der Waals surface area contributed by atoms with E-state index < -0.39 is 20.2 Å². The maximum Gasteiger partial charge on any atom is 0.274 e. The number of primary sulfonamides is 1. The van der Waals surface area contributed by atoms with Crippen LogP contribution in [0.25, 0.3) is 0 Å². The van der Waals surface area contributed by atoms with Crippen LogP contribution in [-0.2, 0) is 26.8 Å². The minimum Gasteiger partial charge on any atom is -0.496 e. The second-order valence-electron chi connectivity index (χ2n) is 3.38. The Morgan fingerprint density at radius 2 is 1.83 bits per heavy atom. The van der Waals surface area contributed by atoms with E-state index >= 15 is 0 Å². The first-order valence-electron chi connectivity index (χ1n) is 4.60. The largest absolute Gasteiger partial charge is 0.496 e. The van der Waals surface area contributed by atoms with Crippen LogP contribution in [0.15, 0.2) is 23.1 Å². The third kappa shape index (κ3) is 4.23. The SMILES string of the molecule is COc1ccc(S(N)(=O)=O)cc1CNS(N)(=O)=O. The molecule has 8 nitrogen and oxygen atoms in total. The van der Waals surface area contributed by atoms with Gasteiger partial charge in [0.25, 0.3) is 10.2 Å². The Balaban J connectivity index is 3.15. The number of rotatable bonds is 5. The Morgan fingerprint density at radius 1 is 1.22 bits per heavy atom. The molecule has 1 aromatic rings. The summed E-state index contributed by atoms with van der Waals surface area (Å²) in [5.41, 5.74) is 0.304. The monoisotopic (exact) mass is 295 g/mol. The van der Waals surface area contributed by atoms with Crippen LogP contribution in [0.5, 0.6) is 5.75 Å². The summed E-state index contributed by atoms with van der Waals surface area (Å²) in [6.07, 6.45) is 0. The first-order valence-corrected chi connectivity index (χ1v) is 7.70. The molecule has 0 aliphatic rings. The van der Waals surface area contributed by atoms with Crippen LogP contribution in [0.3, 0.4) is 0 Å². The van der Waals surface area contributed by atoms with Gasteiger partial charge in [0, 0.05) is 12.1 Å². The number of nitrogens with two attached hydrogens (primary N) is 2. The van der Waals surface area contributed by atoms with Crippen molar-refractivity contribution in [2.45, 2.75) is 11.4 Å². The van der Waals surface area contributed by atoms with Crippen LogP contribution in [0.2, 0.25) is 0 Å². The highest BCUT2D eigenvalue weighted by atomic mass is 32.2. The average Bonchev–Trinajstić information content (AvgIpc) is 2.23. The smallest absolute Gasteiger partial charge is 0.274 e. The zero-order chi connectivity index (χ0) is 14.0. The fourth-order valence-electron chi connectivity index (χ4n) is 1.25. The van der Waals surface area contributed by atoms with Crippen LogP contribution in [0.1, 0.15) is 5.56 Å². The first-order chi connectivity index (χ1) is 8.13. The number of sulfonamides is 1. The van der Waals surface area contributed by atoms with E-state index in [-0.39, 0.29) is 11.4 Å². The van der Waals surface area contributed by atoms with Crippen molar-refractivity contribution in [1.29, 1.82) is 0 Å². The number of benzene rings is 1. The van der Waals surface area contributed by atoms with E-state index in [9.17, 15) is 16.8 Å². The highest BCUT2D eigenvalue weighted by molar-refractivity contribution is 7.89. The van der Waals surface area contributed by atoms with E-state index in [2.05, 4.69) is 0 Å². The second kappa shape index (κ2) is 5.20. The third-order valence-electron chi connectivity index (χ3n) is 2.04. The molecule has 0 saturated carbocycles. The van der Waals surface area contributed by atoms with Crippen LogP contribution in [-0.4, -0.2) is 23.9 Å². The van der Waals surface area contributed by atoms with Gasteiger partial charge in [-0.3, -0.25) is 0 Å². The molecular formula is C8H13N3O5S2. The molecule has 0 spiro atoms. The lowest BCUT2D eigenvalue weighted by Gasteiger charge is -2.10. The molecule has 0 saturated heterocycles. The zero-order valence-corrected chi connectivity index (χ0v) is 11.1. The van der Waals surface area contributed by atoms with Gasteiger partial charge in [0.15, 0.2) is 0 Å². The van der Waals surface area contributed by atoms with E-state index in [1.165, 1.54) is 25.3 Å². The summed E-state index contributed by atoms with van der Waals surface area (Å²) in [6.45, 7) is -0.203. The lowest BCUT2D eigenvalue weighted by Crippen LogP contribution is -2.30. The summed E-state index contributed by atoms with van der Waals surface area (Å²) in [4.78, 5) is -0.144. The highest BCUT2D eigenvalue weighted by Gasteiger charge is 2.13. The molecule has 0 atom stereocenters. The number of hydrogen-bond acceptors (Lipinski definition) is 5. The van der Waals surface area contributed by atoms with Crippen molar-refractivity contribution in [3.63, 3.8) is 0 Å². The zero-order valence-electron chi connectivity index (χ0n) is 9.45. The predicted octanol–water partition coefficient (Wildman–Crippen LogP) is -1.36. The summed E-state index contributed by atoms with van der Waals surface area (Å²) in [5.74, 6) is 0.318. The normalized spacial score (nSPS) is 12.4. The molecule has 0 fully saturated rings. The van der Waals surface area contributed by atoms with Gasteiger partial charge in [-0.05, 0) is 18.2 Å². The average molecular weight is 295 g/mol. The molecule has 18 heavy (non-hydrogen) atoms. The Kier molecular flexibility index (Phi) is 4.29. The molecule has 0 bridgehead atoms. The predicted molar refractivity (Wildman–Crippen MR) is 64.3 cm³/mol. The van der Waals surface area contributed by atoms with E-state index in [1.54, 1.807) is 0 Å². The summed E-state index contributed by atoms with van der Waals surface area (Å²) in [5, 5.41) is 9.74. The van der Waals surface area contributed by atoms with Gasteiger partial charge in [-0.1, -0.05) is 0 Å². The van der Waals surface area contributed by atoms with Crippen molar-refractivity contribution >= 4 is 20.2 Å². The molecule has 10 heteroatoms. The highest BCUT2D eigenvalue weighted by Crippen LogP contribution is 2.21. The molecule has 1 rings (SSSR count). The van der Waals surface area contributed by atoms with Crippen LogP contribution in [0.4, 0.5) is 0 Å². The summed E-state index contributed by atoms with van der Waals surface area (Å²) in [7, 11) is -6.38. The van der Waals surface area contributed by atoms with E-state index in [0.29, 0.717) is 11.3 Å². The van der Waals surface area contributed by atoms with Crippen molar-refractivity contribution in [2.24, 2.45) is 10.3 Å². The molecule has 0 amide bonds. The van der Waals surface area contributed by atoms with Crippen LogP contribution in [0, 0.1) is 0 Å². The summed E-state index contributed by atoms with van der Waals surface area (Å²) in [6, 6.07) is 3.85. The number of nitrogens with one attached hydrogen (secondary N) is 1. The maximum absolute atomic E-state index is 11.2. The molecule has 0 heterocycles. The third-order valence-corrected chi connectivity index (χ3v) is 3.50. The first kappa shape index (κ1) is 14.9. The van der Waals surface area contributed by atoms with Gasteiger partial charge >= 0.3 is 0 Å². The van der Waals surface area contributed by atoms with Gasteiger partial charge in [-0.2, -0.15) is 13.1 Å². The van der Waals surface area contributed by atoms with E-state index in [0.717, 1.165) is 0 Å². The van der Waals surface area contributed by atoms with Crippen LogP contribution < -0.4 is 19.7 Å². The Bertz CT molecular complexity index is 639. The topological polar surface area (TPSA) is 142 Å². The fourth-order valence-corrected chi connectivity index (χ4v) is 2.17. The minimum absolute atomic E-state index is 0.144. The van der Waals surface area contributed by atoms with Crippen molar-refractivity contribution in [3.05, 3.63) is 23.8 Å². The summed E-state index contributed by atoms with van der Waals surface area (Å²) < 4.78 is 50.8. The Morgan fingerprint density at radius 3 is 2.28 bits per heavy atom. The fraction of sp³-hybridized carbons (Fsp3) is 0.250. The van der Waals surface area contributed by atoms with E-state index in [4.69, 9.17) is 15.0 Å². The van der Waals surface area contributed by atoms with Gasteiger partial charge in [-0.15, -0.1) is 0 Å². The van der Waals surface area contributed by atoms with Crippen molar-refractivity contribution in [2.75, 3.05) is 7.11 Å². The van der Waals surface area contributed by atoms with Gasteiger partial charge in [-0.25, -0.2) is 18.7 Å². The van der Waals surface area contributed by atoms with Crippen molar-refractivity contribution in [1.82, 2.24) is 4.72 Å². The van der Waals surface area contributed by atoms with Gasteiger partial charge in [0.05, 0.1) is 12.0 Å². The van der Waals surface area contributed by atoms with Gasteiger partial charge < -0.3 is 4.74 Å². The molecule has 0 aromatic heterocycles. The molecule has 0 unspecified atom stereocenters. The van der Waals surface area contributed by atoms with Crippen molar-refractivity contribution in [3.8, 4) is 5.75 Å². The lowest BCUT2D eigenvalue weighted by atomic mass is 10.2. The molecule has 102 valence electrons. The molecular weight excluding hydrogens is 282 g/mol. The minimum atomic E-state index is -3.88. The van der Waals surface area contributed by atoms with Crippen molar-refractivity contribution < 1.29 is 21.6 Å². The number of methoxy groups -OCH3 is 1. The molecule has 0 radical (unpaired) electrons. The Hall–Kier alpha value is -1.20. The lowest BCUT2D eigenvalue weighted by molar-refractivity contribution is 0.408. The summed E-state index contributed by atoms with van der Waals surface area (Å²) >= 11 is 0. The number of hydrogen-bond donors (Lipinski definition) is 3. The molecule has 0 aliphatic heterocycles. The Labute approximate surface area is 105 Å². The van der Waals surface area contributed by atoms with E-state index in [1.807, 2.05) is 4.72 Å². The molecule has 1 aromatic carbocycles. The van der Waals surface area contributed by atoms with Crippen LogP contribution >= 0.6 is 0 Å². The standard InChI is InChI=1S/C8H13N3O5S2/c1-16-8-3-2-7(17(9,12)13)4-6(8)5-11-18(10,14)15/h2-4,11H,5H2,1H3,(H2,9,12,13)(H2,10,14,15). The molecule has 5 N–H and O–H groups in total. The second-order valence-corrected chi connectivity index (χ2v) is 6.32. The van der Waals surface area contributed by atoms with Gasteiger partial charge in [0.1, 0.15) is 5.75 Å². The number of ether oxygens (including phenoxy) is 1. The quantitative estimate of drug-likeness (QED) is 0.614. The van der Waals surface area contributed by atoms with Gasteiger partial charge in [0.2, 0.25) is 10.0 Å². The maximum atomic E-state index is 11.2.